The minimum Gasteiger partial charge on any atom is -0.462 e. The maximum absolute atomic E-state index is 12.0. The average Bonchev–Trinajstić information content (AvgIpc) is 3.12. The lowest BCUT2D eigenvalue weighted by Crippen LogP contribution is -2.45. The van der Waals surface area contributed by atoms with E-state index in [1.54, 1.807) is 0 Å². The largest absolute Gasteiger partial charge is 0.462 e. The van der Waals surface area contributed by atoms with Crippen molar-refractivity contribution >= 4 is 22.6 Å². The maximum Gasteiger partial charge on any atom is 0.306 e. The van der Waals surface area contributed by atoms with Crippen LogP contribution >= 0.6 is 0 Å². The normalized spacial score (nSPS) is 27.1. The quantitative estimate of drug-likeness (QED) is 0.154. The summed E-state index contributed by atoms with van der Waals surface area (Å²) in [6.07, 6.45) is 5.65. The minimum absolute atomic E-state index is 0.0330. The summed E-state index contributed by atoms with van der Waals surface area (Å²) in [7, 11) is -3.88. The van der Waals surface area contributed by atoms with Gasteiger partial charge in [-0.1, -0.05) is 73.1 Å². The van der Waals surface area contributed by atoms with Crippen LogP contribution in [0, 0.1) is 23.7 Å². The van der Waals surface area contributed by atoms with Crippen LogP contribution in [0.5, 0.6) is 0 Å². The van der Waals surface area contributed by atoms with E-state index < -0.39 is 16.6 Å². The Bertz CT molecular complexity index is 736. The Kier molecular flexibility index (Phi) is 9.16. The van der Waals surface area contributed by atoms with Crippen LogP contribution in [0.1, 0.15) is 87.0 Å². The second kappa shape index (κ2) is 10.6. The first-order valence-electron chi connectivity index (χ1n) is 13.0. The molecule has 1 aliphatic carbocycles. The fourth-order valence-electron chi connectivity index (χ4n) is 4.20. The summed E-state index contributed by atoms with van der Waals surface area (Å²) in [6, 6.07) is 0. The number of ether oxygens (including phenoxy) is 1. The van der Waals surface area contributed by atoms with Gasteiger partial charge in [-0.25, -0.2) is 0 Å². The third-order valence-corrected chi connectivity index (χ3v) is 17.5. The SMILES string of the molecule is CCCCC[C@@H](C#C[C@H]1[C@H]2CC(=O)O[C@H]2C[C@H]1O[Si](C)(C)C(C)(C)C)O[Si](C)(C)C(C)(C)C. The summed E-state index contributed by atoms with van der Waals surface area (Å²) in [4.78, 5) is 12.0. The summed E-state index contributed by atoms with van der Waals surface area (Å²) in [5.74, 6) is 7.27. The number of carbonyl (C=O) groups is 1. The Morgan fingerprint density at radius 1 is 1.03 bits per heavy atom. The van der Waals surface area contributed by atoms with Crippen LogP contribution < -0.4 is 0 Å². The number of fused-ring (bicyclic) bond motifs is 1. The van der Waals surface area contributed by atoms with Gasteiger partial charge >= 0.3 is 5.97 Å². The van der Waals surface area contributed by atoms with Crippen molar-refractivity contribution in [3.05, 3.63) is 0 Å². The Morgan fingerprint density at radius 3 is 2.18 bits per heavy atom. The van der Waals surface area contributed by atoms with Gasteiger partial charge in [-0.3, -0.25) is 4.79 Å². The van der Waals surface area contributed by atoms with E-state index in [-0.39, 0.29) is 46.2 Å². The molecule has 0 aromatic rings. The van der Waals surface area contributed by atoms with Crippen LogP contribution in [-0.2, 0) is 18.4 Å². The smallest absolute Gasteiger partial charge is 0.306 e. The summed E-state index contributed by atoms with van der Waals surface area (Å²) < 4.78 is 19.3. The molecule has 1 saturated carbocycles. The zero-order chi connectivity index (χ0) is 25.2. The highest BCUT2D eigenvalue weighted by Crippen LogP contribution is 2.46. The second-order valence-electron chi connectivity index (χ2n) is 13.2. The molecule has 0 aromatic heterocycles. The highest BCUT2D eigenvalue weighted by Gasteiger charge is 2.52. The summed E-state index contributed by atoms with van der Waals surface area (Å²) >= 11 is 0. The lowest BCUT2D eigenvalue weighted by Gasteiger charge is -2.39. The third kappa shape index (κ3) is 7.19. The van der Waals surface area contributed by atoms with Crippen molar-refractivity contribution in [3.63, 3.8) is 0 Å². The Labute approximate surface area is 206 Å². The van der Waals surface area contributed by atoms with Gasteiger partial charge in [0.2, 0.25) is 0 Å². The van der Waals surface area contributed by atoms with Gasteiger partial charge in [0, 0.05) is 12.3 Å². The van der Waals surface area contributed by atoms with Gasteiger partial charge in [0.1, 0.15) is 12.2 Å². The van der Waals surface area contributed by atoms with Gasteiger partial charge in [-0.15, -0.1) is 0 Å². The van der Waals surface area contributed by atoms with Crippen LogP contribution in [0.2, 0.25) is 36.3 Å². The second-order valence-corrected chi connectivity index (χ2v) is 22.7. The summed E-state index contributed by atoms with van der Waals surface area (Å²) in [5, 5.41) is 0.281. The Balaban J connectivity index is 2.29. The fraction of sp³-hybridized carbons (Fsp3) is 0.889. The molecule has 2 fully saturated rings. The molecule has 6 heteroatoms. The lowest BCUT2D eigenvalue weighted by atomic mass is 9.92. The molecule has 5 atom stereocenters. The summed E-state index contributed by atoms with van der Waals surface area (Å²) in [5.41, 5.74) is 0. The molecule has 0 N–H and O–H groups in total. The molecule has 0 unspecified atom stereocenters. The minimum atomic E-state index is -1.95. The molecule has 0 radical (unpaired) electrons. The van der Waals surface area contributed by atoms with Crippen molar-refractivity contribution in [1.29, 1.82) is 0 Å². The highest BCUT2D eigenvalue weighted by molar-refractivity contribution is 6.74. The van der Waals surface area contributed by atoms with E-state index in [0.717, 1.165) is 19.3 Å². The van der Waals surface area contributed by atoms with Gasteiger partial charge in [0.25, 0.3) is 0 Å². The molecule has 0 amide bonds. The molecule has 1 saturated heterocycles. The van der Waals surface area contributed by atoms with Gasteiger partial charge in [-0.05, 0) is 49.1 Å². The first kappa shape index (κ1) is 28.6. The standard InChI is InChI=1S/C27H50O4Si2/c1-12-13-14-15-20(30-32(8,9)26(2,3)4)16-17-21-22-18-25(28)29-23(22)19-24(21)31-33(10,11)27(5,6)7/h20-24H,12-15,18-19H2,1-11H3/t20-,21-,22+,23-,24+/m0/s1. The zero-order valence-corrected chi connectivity index (χ0v) is 25.3. The molecule has 33 heavy (non-hydrogen) atoms. The highest BCUT2D eigenvalue weighted by atomic mass is 28.4. The van der Waals surface area contributed by atoms with E-state index in [9.17, 15) is 4.79 Å². The van der Waals surface area contributed by atoms with E-state index in [1.807, 2.05) is 0 Å². The average molecular weight is 495 g/mol. The van der Waals surface area contributed by atoms with Gasteiger partial charge in [0.15, 0.2) is 16.6 Å². The first-order chi connectivity index (χ1) is 15.0. The van der Waals surface area contributed by atoms with E-state index in [1.165, 1.54) is 12.8 Å². The van der Waals surface area contributed by atoms with Crippen molar-refractivity contribution < 1.29 is 18.4 Å². The van der Waals surface area contributed by atoms with Gasteiger partial charge in [-0.2, -0.15) is 0 Å². The number of rotatable bonds is 8. The summed E-state index contributed by atoms with van der Waals surface area (Å²) in [6.45, 7) is 25.1. The Hall–Kier alpha value is -0.616. The molecule has 4 nitrogen and oxygen atoms in total. The number of unbranched alkanes of at least 4 members (excludes halogenated alkanes) is 2. The fourth-order valence-corrected chi connectivity index (χ4v) is 6.79. The maximum atomic E-state index is 12.0. The van der Waals surface area contributed by atoms with E-state index in [2.05, 4.69) is 86.5 Å². The van der Waals surface area contributed by atoms with Crippen LogP contribution in [-0.4, -0.2) is 40.9 Å². The van der Waals surface area contributed by atoms with Crippen LogP contribution in [0.15, 0.2) is 0 Å². The van der Waals surface area contributed by atoms with Crippen molar-refractivity contribution in [2.75, 3.05) is 0 Å². The third-order valence-electron chi connectivity index (χ3n) is 8.47. The molecule has 2 rings (SSSR count). The number of esters is 1. The number of hydrogen-bond acceptors (Lipinski definition) is 4. The zero-order valence-electron chi connectivity index (χ0n) is 23.3. The van der Waals surface area contributed by atoms with Gasteiger partial charge < -0.3 is 13.6 Å². The first-order valence-corrected chi connectivity index (χ1v) is 18.9. The monoisotopic (exact) mass is 494 g/mol. The predicted octanol–water partition coefficient (Wildman–Crippen LogP) is 7.30. The molecule has 1 aliphatic heterocycles. The number of carbonyl (C=O) groups excluding carboxylic acids is 1. The van der Waals surface area contributed by atoms with E-state index >= 15 is 0 Å². The van der Waals surface area contributed by atoms with Crippen molar-refractivity contribution in [2.24, 2.45) is 11.8 Å². The number of hydrogen-bond donors (Lipinski definition) is 0. The van der Waals surface area contributed by atoms with Crippen molar-refractivity contribution in [2.45, 2.75) is 142 Å². The predicted molar refractivity (Wildman–Crippen MR) is 142 cm³/mol. The van der Waals surface area contributed by atoms with E-state index in [4.69, 9.17) is 13.6 Å². The van der Waals surface area contributed by atoms with Crippen LogP contribution in [0.4, 0.5) is 0 Å². The van der Waals surface area contributed by atoms with Crippen molar-refractivity contribution in [1.82, 2.24) is 0 Å². The van der Waals surface area contributed by atoms with Gasteiger partial charge in [0.05, 0.1) is 18.4 Å². The molecule has 190 valence electrons. The van der Waals surface area contributed by atoms with Crippen LogP contribution in [0.25, 0.3) is 0 Å². The molecule has 1 heterocycles. The van der Waals surface area contributed by atoms with Crippen LogP contribution in [0.3, 0.4) is 0 Å². The molecular formula is C27H50O4Si2. The topological polar surface area (TPSA) is 44.8 Å². The Morgan fingerprint density at radius 2 is 1.64 bits per heavy atom. The molecule has 0 aromatic carbocycles. The molecular weight excluding hydrogens is 444 g/mol. The molecule has 0 bridgehead atoms. The lowest BCUT2D eigenvalue weighted by molar-refractivity contribution is -0.141. The van der Waals surface area contributed by atoms with E-state index in [0.29, 0.717) is 6.42 Å². The molecule has 0 spiro atoms. The van der Waals surface area contributed by atoms with Crippen molar-refractivity contribution in [3.8, 4) is 11.8 Å². The molecule has 2 aliphatic rings.